The zero-order valence-corrected chi connectivity index (χ0v) is 13.2. The van der Waals surface area contributed by atoms with Crippen LogP contribution in [0.25, 0.3) is 0 Å². The molecule has 0 saturated carbocycles. The highest BCUT2D eigenvalue weighted by atomic mass is 35.5. The number of fused-ring (bicyclic) bond motifs is 1. The maximum Gasteiger partial charge on any atom is 0.123 e. The van der Waals surface area contributed by atoms with Crippen LogP contribution in [0.2, 0.25) is 5.02 Å². The summed E-state index contributed by atoms with van der Waals surface area (Å²) in [5.74, 6) is 1.71. The lowest BCUT2D eigenvalue weighted by Crippen LogP contribution is -2.09. The molecule has 1 aliphatic heterocycles. The lowest BCUT2D eigenvalue weighted by atomic mass is 9.98. The minimum Gasteiger partial charge on any atom is -0.496 e. The van der Waals surface area contributed by atoms with E-state index >= 15 is 0 Å². The minimum absolute atomic E-state index is 0.300. The Kier molecular flexibility index (Phi) is 4.27. The van der Waals surface area contributed by atoms with Crippen molar-refractivity contribution in [3.63, 3.8) is 0 Å². The molecular weight excluding hydrogens is 307 g/mol. The molecule has 0 N–H and O–H groups in total. The third kappa shape index (κ3) is 2.97. The van der Waals surface area contributed by atoms with Crippen molar-refractivity contribution in [2.75, 3.05) is 13.7 Å². The molecule has 3 rings (SSSR count). The molecular formula is C17H16Cl2O2. The molecule has 2 nitrogen and oxygen atoms in total. The van der Waals surface area contributed by atoms with Gasteiger partial charge in [-0.3, -0.25) is 0 Å². The van der Waals surface area contributed by atoms with Gasteiger partial charge in [-0.25, -0.2) is 0 Å². The number of halogens is 2. The SMILES string of the molecule is COc1ccc(Cl)cc1C(Cl)c1ccc2c(c1)CCCO2. The summed E-state index contributed by atoms with van der Waals surface area (Å²) in [6.07, 6.45) is 2.07. The van der Waals surface area contributed by atoms with Crippen LogP contribution in [0.1, 0.15) is 28.5 Å². The molecule has 0 amide bonds. The standard InChI is InChI=1S/C17H16Cl2O2/c1-20-16-7-5-13(18)10-14(16)17(19)12-4-6-15-11(9-12)3-2-8-21-15/h4-7,9-10,17H,2-3,8H2,1H3. The Morgan fingerprint density at radius 2 is 2.05 bits per heavy atom. The van der Waals surface area contributed by atoms with Crippen molar-refractivity contribution >= 4 is 23.2 Å². The summed E-state index contributed by atoms with van der Waals surface area (Å²) in [7, 11) is 1.64. The monoisotopic (exact) mass is 322 g/mol. The molecule has 0 aliphatic carbocycles. The van der Waals surface area contributed by atoms with Crippen molar-refractivity contribution in [1.82, 2.24) is 0 Å². The second-order valence-corrected chi connectivity index (χ2v) is 5.94. The van der Waals surface area contributed by atoms with Gasteiger partial charge in [0.25, 0.3) is 0 Å². The van der Waals surface area contributed by atoms with Crippen LogP contribution in [0.4, 0.5) is 0 Å². The first kappa shape index (κ1) is 14.6. The first-order valence-corrected chi connectivity index (χ1v) is 7.73. The van der Waals surface area contributed by atoms with Gasteiger partial charge in [-0.2, -0.15) is 0 Å². The van der Waals surface area contributed by atoms with E-state index < -0.39 is 0 Å². The number of aryl methyl sites for hydroxylation is 1. The molecule has 0 radical (unpaired) electrons. The van der Waals surface area contributed by atoms with E-state index in [0.29, 0.717) is 5.02 Å². The van der Waals surface area contributed by atoms with Gasteiger partial charge in [0.2, 0.25) is 0 Å². The smallest absolute Gasteiger partial charge is 0.123 e. The fourth-order valence-electron chi connectivity index (χ4n) is 2.62. The van der Waals surface area contributed by atoms with Gasteiger partial charge in [-0.15, -0.1) is 11.6 Å². The molecule has 0 spiro atoms. The number of rotatable bonds is 3. The summed E-state index contributed by atoms with van der Waals surface area (Å²) in [6, 6.07) is 11.6. The highest BCUT2D eigenvalue weighted by Gasteiger charge is 2.19. The Morgan fingerprint density at radius 1 is 1.19 bits per heavy atom. The topological polar surface area (TPSA) is 18.5 Å². The highest BCUT2D eigenvalue weighted by molar-refractivity contribution is 6.31. The highest BCUT2D eigenvalue weighted by Crippen LogP contribution is 2.38. The van der Waals surface area contributed by atoms with Crippen LogP contribution in [0.3, 0.4) is 0 Å². The Hall–Kier alpha value is -1.38. The summed E-state index contributed by atoms with van der Waals surface area (Å²) < 4.78 is 11.0. The van der Waals surface area contributed by atoms with Crippen molar-refractivity contribution in [3.8, 4) is 11.5 Å². The van der Waals surface area contributed by atoms with Crippen molar-refractivity contribution in [2.45, 2.75) is 18.2 Å². The summed E-state index contributed by atoms with van der Waals surface area (Å²) in [5, 5.41) is 0.351. The molecule has 1 heterocycles. The third-order valence-corrected chi connectivity index (χ3v) is 4.41. The van der Waals surface area contributed by atoms with Gasteiger partial charge in [0.15, 0.2) is 0 Å². The number of hydrogen-bond donors (Lipinski definition) is 0. The molecule has 1 unspecified atom stereocenters. The molecule has 2 aromatic carbocycles. The van der Waals surface area contributed by atoms with Crippen LogP contribution in [-0.2, 0) is 6.42 Å². The second kappa shape index (κ2) is 6.17. The van der Waals surface area contributed by atoms with Crippen LogP contribution in [0.5, 0.6) is 11.5 Å². The molecule has 0 bridgehead atoms. The number of alkyl halides is 1. The van der Waals surface area contributed by atoms with Crippen LogP contribution in [0.15, 0.2) is 36.4 Å². The van der Waals surface area contributed by atoms with Gasteiger partial charge in [0, 0.05) is 10.6 Å². The maximum atomic E-state index is 6.65. The van der Waals surface area contributed by atoms with Crippen molar-refractivity contribution in [2.24, 2.45) is 0 Å². The van der Waals surface area contributed by atoms with Crippen molar-refractivity contribution in [3.05, 3.63) is 58.1 Å². The molecule has 0 saturated heterocycles. The Balaban J connectivity index is 1.98. The lowest BCUT2D eigenvalue weighted by Gasteiger charge is -2.20. The average Bonchev–Trinajstić information content (AvgIpc) is 2.53. The summed E-state index contributed by atoms with van der Waals surface area (Å²) in [4.78, 5) is 0. The zero-order valence-electron chi connectivity index (χ0n) is 11.7. The van der Waals surface area contributed by atoms with E-state index in [2.05, 4.69) is 6.07 Å². The molecule has 0 aromatic heterocycles. The fourth-order valence-corrected chi connectivity index (χ4v) is 3.11. The number of hydrogen-bond acceptors (Lipinski definition) is 2. The molecule has 4 heteroatoms. The van der Waals surface area contributed by atoms with Crippen molar-refractivity contribution < 1.29 is 9.47 Å². The molecule has 2 aromatic rings. The number of ether oxygens (including phenoxy) is 2. The Labute approximate surface area is 134 Å². The van der Waals surface area contributed by atoms with E-state index in [0.717, 1.165) is 42.1 Å². The van der Waals surface area contributed by atoms with E-state index in [-0.39, 0.29) is 5.38 Å². The third-order valence-electron chi connectivity index (χ3n) is 3.69. The van der Waals surface area contributed by atoms with Crippen molar-refractivity contribution in [1.29, 1.82) is 0 Å². The molecule has 0 fully saturated rings. The number of benzene rings is 2. The fraction of sp³-hybridized carbons (Fsp3) is 0.294. The molecule has 1 aliphatic rings. The van der Waals surface area contributed by atoms with Gasteiger partial charge < -0.3 is 9.47 Å². The lowest BCUT2D eigenvalue weighted by molar-refractivity contribution is 0.288. The van der Waals surface area contributed by atoms with E-state index in [1.54, 1.807) is 13.2 Å². The minimum atomic E-state index is -0.300. The predicted molar refractivity (Wildman–Crippen MR) is 86.0 cm³/mol. The van der Waals surface area contributed by atoms with Gasteiger partial charge >= 0.3 is 0 Å². The summed E-state index contributed by atoms with van der Waals surface area (Å²) in [6.45, 7) is 0.790. The van der Waals surface area contributed by atoms with Crippen LogP contribution in [0, 0.1) is 0 Å². The molecule has 110 valence electrons. The summed E-state index contributed by atoms with van der Waals surface area (Å²) >= 11 is 12.7. The Morgan fingerprint density at radius 3 is 2.86 bits per heavy atom. The van der Waals surface area contributed by atoms with Gasteiger partial charge in [0.1, 0.15) is 11.5 Å². The normalized spacial score (nSPS) is 15.0. The molecule has 21 heavy (non-hydrogen) atoms. The average molecular weight is 323 g/mol. The largest absolute Gasteiger partial charge is 0.496 e. The van der Waals surface area contributed by atoms with E-state index in [1.807, 2.05) is 24.3 Å². The number of methoxy groups -OCH3 is 1. The Bertz CT molecular complexity index is 655. The van der Waals surface area contributed by atoms with Crippen LogP contribution < -0.4 is 9.47 Å². The van der Waals surface area contributed by atoms with Gasteiger partial charge in [-0.05, 0) is 48.2 Å². The van der Waals surface area contributed by atoms with Gasteiger partial charge in [0.05, 0.1) is 19.1 Å². The molecule has 1 atom stereocenters. The summed E-state index contributed by atoms with van der Waals surface area (Å²) in [5.41, 5.74) is 3.12. The first-order chi connectivity index (χ1) is 10.2. The quantitative estimate of drug-likeness (QED) is 0.740. The van der Waals surface area contributed by atoms with E-state index in [4.69, 9.17) is 32.7 Å². The zero-order chi connectivity index (χ0) is 14.8. The predicted octanol–water partition coefficient (Wildman–Crippen LogP) is 5.00. The van der Waals surface area contributed by atoms with E-state index in [9.17, 15) is 0 Å². The second-order valence-electron chi connectivity index (χ2n) is 5.07. The van der Waals surface area contributed by atoms with Gasteiger partial charge in [-0.1, -0.05) is 23.7 Å². The maximum absolute atomic E-state index is 6.65. The first-order valence-electron chi connectivity index (χ1n) is 6.92. The van der Waals surface area contributed by atoms with Crippen LogP contribution >= 0.6 is 23.2 Å². The van der Waals surface area contributed by atoms with Crippen LogP contribution in [-0.4, -0.2) is 13.7 Å². The van der Waals surface area contributed by atoms with E-state index in [1.165, 1.54) is 5.56 Å².